The fraction of sp³-hybridized carbons (Fsp3) is 0.280. The molecule has 0 aliphatic heterocycles. The van der Waals surface area contributed by atoms with Crippen LogP contribution in [0.4, 0.5) is 16.2 Å². The number of nitrogens with zero attached hydrogens (tertiary/aromatic N) is 3. The summed E-state index contributed by atoms with van der Waals surface area (Å²) in [6.45, 7) is 5.22. The number of aryl methyl sites for hydroxylation is 1. The maximum absolute atomic E-state index is 13.4. The molecular weight excluding hydrogens is 452 g/mol. The number of thiophene rings is 1. The second kappa shape index (κ2) is 11.9. The van der Waals surface area contributed by atoms with Crippen molar-refractivity contribution in [1.29, 1.82) is 0 Å². The van der Waals surface area contributed by atoms with Gasteiger partial charge >= 0.3 is 6.03 Å². The van der Waals surface area contributed by atoms with E-state index in [9.17, 15) is 19.7 Å². The highest BCUT2D eigenvalue weighted by atomic mass is 32.1. The molecule has 0 unspecified atom stereocenters. The number of anilines is 1. The number of amides is 3. The van der Waals surface area contributed by atoms with Gasteiger partial charge in [0, 0.05) is 35.8 Å². The molecule has 8 nitrogen and oxygen atoms in total. The number of nitrogens with one attached hydrogen (secondary N) is 1. The van der Waals surface area contributed by atoms with Gasteiger partial charge in [-0.3, -0.25) is 14.9 Å². The number of carbonyl (C=O) groups excluding carboxylic acids is 2. The van der Waals surface area contributed by atoms with Gasteiger partial charge in [-0.15, -0.1) is 11.3 Å². The van der Waals surface area contributed by atoms with Gasteiger partial charge in [-0.1, -0.05) is 37.3 Å². The maximum Gasteiger partial charge on any atom is 0.322 e. The van der Waals surface area contributed by atoms with Gasteiger partial charge in [-0.05, 0) is 48.1 Å². The van der Waals surface area contributed by atoms with E-state index in [2.05, 4.69) is 5.32 Å². The molecule has 3 aromatic rings. The number of hydrogen-bond acceptors (Lipinski definition) is 5. The quantitative estimate of drug-likeness (QED) is 0.309. The van der Waals surface area contributed by atoms with Crippen molar-refractivity contribution in [2.45, 2.75) is 33.4 Å². The predicted octanol–water partition coefficient (Wildman–Crippen LogP) is 5.44. The molecule has 1 aromatic heterocycles. The number of nitro groups is 1. The highest BCUT2D eigenvalue weighted by molar-refractivity contribution is 7.10. The molecule has 0 spiro atoms. The predicted molar refractivity (Wildman–Crippen MR) is 134 cm³/mol. The molecule has 178 valence electrons. The molecule has 0 radical (unpaired) electrons. The Hall–Kier alpha value is -3.72. The van der Waals surface area contributed by atoms with E-state index < -0.39 is 11.0 Å². The van der Waals surface area contributed by atoms with Crippen molar-refractivity contribution in [1.82, 2.24) is 9.80 Å². The first-order chi connectivity index (χ1) is 16.4. The van der Waals surface area contributed by atoms with Crippen molar-refractivity contribution < 1.29 is 14.5 Å². The van der Waals surface area contributed by atoms with Crippen LogP contribution in [0.3, 0.4) is 0 Å². The molecule has 0 saturated heterocycles. The van der Waals surface area contributed by atoms with Gasteiger partial charge in [0.15, 0.2) is 0 Å². The number of carbonyl (C=O) groups is 2. The SMILES string of the molecule is CCCN(CC(=O)N(Cc1ccccc1)Cc1sccc1C)C(=O)Nc1ccc([N+](=O)[O-])cc1. The Labute approximate surface area is 203 Å². The number of non-ortho nitro benzene ring substituents is 1. The van der Waals surface area contributed by atoms with Crippen molar-refractivity contribution >= 4 is 34.6 Å². The van der Waals surface area contributed by atoms with Gasteiger partial charge in [0.2, 0.25) is 5.91 Å². The normalized spacial score (nSPS) is 10.5. The van der Waals surface area contributed by atoms with Crippen LogP contribution in [0.15, 0.2) is 66.0 Å². The topological polar surface area (TPSA) is 95.8 Å². The van der Waals surface area contributed by atoms with E-state index in [1.54, 1.807) is 16.2 Å². The van der Waals surface area contributed by atoms with E-state index in [1.165, 1.54) is 29.2 Å². The summed E-state index contributed by atoms with van der Waals surface area (Å²) in [6, 6.07) is 17.0. The number of benzene rings is 2. The second-order valence-electron chi connectivity index (χ2n) is 7.92. The Bertz CT molecular complexity index is 1120. The van der Waals surface area contributed by atoms with Crippen LogP contribution in [0.5, 0.6) is 0 Å². The van der Waals surface area contributed by atoms with Crippen molar-refractivity contribution in [3.8, 4) is 0 Å². The largest absolute Gasteiger partial charge is 0.332 e. The molecule has 1 heterocycles. The van der Waals surface area contributed by atoms with Crippen molar-refractivity contribution in [3.63, 3.8) is 0 Å². The van der Waals surface area contributed by atoms with Crippen LogP contribution in [0.1, 0.15) is 29.3 Å². The zero-order valence-corrected chi connectivity index (χ0v) is 20.1. The molecular formula is C25H28N4O4S. The lowest BCUT2D eigenvalue weighted by Gasteiger charge is -2.28. The van der Waals surface area contributed by atoms with Crippen LogP contribution in [0.2, 0.25) is 0 Å². The van der Waals surface area contributed by atoms with E-state index in [0.717, 1.165) is 16.0 Å². The maximum atomic E-state index is 13.4. The molecule has 3 rings (SSSR count). The summed E-state index contributed by atoms with van der Waals surface area (Å²) < 4.78 is 0. The smallest absolute Gasteiger partial charge is 0.322 e. The van der Waals surface area contributed by atoms with E-state index in [0.29, 0.717) is 31.7 Å². The molecule has 2 aromatic carbocycles. The number of nitro benzene ring substituents is 1. The first kappa shape index (κ1) is 24.9. The summed E-state index contributed by atoms with van der Waals surface area (Å²) >= 11 is 1.61. The van der Waals surface area contributed by atoms with Crippen molar-refractivity contribution in [2.24, 2.45) is 0 Å². The third-order valence-electron chi connectivity index (χ3n) is 5.31. The fourth-order valence-corrected chi connectivity index (χ4v) is 4.35. The summed E-state index contributed by atoms with van der Waals surface area (Å²) in [4.78, 5) is 41.0. The highest BCUT2D eigenvalue weighted by Gasteiger charge is 2.22. The monoisotopic (exact) mass is 480 g/mol. The minimum Gasteiger partial charge on any atom is -0.332 e. The standard InChI is InChI=1S/C25H28N4O4S/c1-3-14-27(25(31)26-21-9-11-22(12-10-21)29(32)33)18-24(30)28(16-20-7-5-4-6-8-20)17-23-19(2)13-15-34-23/h4-13,15H,3,14,16-18H2,1-2H3,(H,26,31). The third-order valence-corrected chi connectivity index (χ3v) is 6.32. The Kier molecular flexibility index (Phi) is 8.75. The summed E-state index contributed by atoms with van der Waals surface area (Å²) in [7, 11) is 0. The van der Waals surface area contributed by atoms with E-state index >= 15 is 0 Å². The first-order valence-electron chi connectivity index (χ1n) is 11.0. The van der Waals surface area contributed by atoms with Gasteiger partial charge in [0.05, 0.1) is 11.5 Å². The lowest BCUT2D eigenvalue weighted by molar-refractivity contribution is -0.384. The Morgan fingerprint density at radius 1 is 1.00 bits per heavy atom. The fourth-order valence-electron chi connectivity index (χ4n) is 3.43. The summed E-state index contributed by atoms with van der Waals surface area (Å²) in [6.07, 6.45) is 0.684. The Morgan fingerprint density at radius 2 is 1.71 bits per heavy atom. The lowest BCUT2D eigenvalue weighted by atomic mass is 10.2. The molecule has 0 aliphatic carbocycles. The average Bonchev–Trinajstić information content (AvgIpc) is 3.23. The van der Waals surface area contributed by atoms with E-state index in [1.807, 2.05) is 55.6 Å². The van der Waals surface area contributed by atoms with Crippen LogP contribution in [-0.2, 0) is 17.9 Å². The molecule has 3 amide bonds. The third kappa shape index (κ3) is 6.89. The van der Waals surface area contributed by atoms with Gasteiger partial charge in [-0.2, -0.15) is 0 Å². The zero-order chi connectivity index (χ0) is 24.5. The highest BCUT2D eigenvalue weighted by Crippen LogP contribution is 2.20. The van der Waals surface area contributed by atoms with Gasteiger partial charge in [0.25, 0.3) is 5.69 Å². The van der Waals surface area contributed by atoms with E-state index in [-0.39, 0.29) is 18.1 Å². The van der Waals surface area contributed by atoms with Crippen LogP contribution in [0, 0.1) is 17.0 Å². The number of urea groups is 1. The lowest BCUT2D eigenvalue weighted by Crippen LogP contribution is -2.44. The Balaban J connectivity index is 1.73. The van der Waals surface area contributed by atoms with Crippen LogP contribution in [-0.4, -0.2) is 39.8 Å². The van der Waals surface area contributed by atoms with Crippen LogP contribution in [0.25, 0.3) is 0 Å². The van der Waals surface area contributed by atoms with Gasteiger partial charge in [-0.25, -0.2) is 4.79 Å². The van der Waals surface area contributed by atoms with Crippen molar-refractivity contribution in [3.05, 3.63) is 92.2 Å². The minimum atomic E-state index is -0.496. The first-order valence-corrected chi connectivity index (χ1v) is 11.9. The Morgan fingerprint density at radius 3 is 2.29 bits per heavy atom. The zero-order valence-electron chi connectivity index (χ0n) is 19.3. The molecule has 0 aliphatic rings. The molecule has 1 N–H and O–H groups in total. The molecule has 0 bridgehead atoms. The second-order valence-corrected chi connectivity index (χ2v) is 8.92. The summed E-state index contributed by atoms with van der Waals surface area (Å²) in [5, 5.41) is 15.6. The minimum absolute atomic E-state index is 0.0565. The molecule has 0 atom stereocenters. The summed E-state index contributed by atoms with van der Waals surface area (Å²) in [5.41, 5.74) is 2.53. The molecule has 0 fully saturated rings. The molecule has 34 heavy (non-hydrogen) atoms. The van der Waals surface area contributed by atoms with Crippen molar-refractivity contribution in [2.75, 3.05) is 18.4 Å². The summed E-state index contributed by atoms with van der Waals surface area (Å²) in [5.74, 6) is -0.149. The van der Waals surface area contributed by atoms with Crippen LogP contribution >= 0.6 is 11.3 Å². The van der Waals surface area contributed by atoms with E-state index in [4.69, 9.17) is 0 Å². The number of rotatable bonds is 10. The molecule has 9 heteroatoms. The van der Waals surface area contributed by atoms with Gasteiger partial charge < -0.3 is 15.1 Å². The van der Waals surface area contributed by atoms with Crippen LogP contribution < -0.4 is 5.32 Å². The van der Waals surface area contributed by atoms with Gasteiger partial charge in [0.1, 0.15) is 6.54 Å². The number of hydrogen-bond donors (Lipinski definition) is 1. The average molecular weight is 481 g/mol. The molecule has 0 saturated carbocycles.